The van der Waals surface area contributed by atoms with E-state index in [0.717, 1.165) is 6.07 Å². The Morgan fingerprint density at radius 3 is 2.59 bits per heavy atom. The number of hydrogen-bond acceptors (Lipinski definition) is 5. The van der Waals surface area contributed by atoms with Gasteiger partial charge < -0.3 is 20.1 Å². The molecule has 3 aliphatic carbocycles. The standard InChI is InChI=1S/C20H20ClFN2O4S/c1-2-27-15-5-6-29-17(15)18(26)24-20-9-19(10-20,11-20)23-16(25)8-28-12-3-4-13(21)14(22)7-12/h3-7H,2,8-11H2,1H3,(H,23,25)(H,24,26). The number of carbonyl (C=O) groups is 2. The van der Waals surface area contributed by atoms with E-state index in [-0.39, 0.29) is 40.3 Å². The average molecular weight is 439 g/mol. The van der Waals surface area contributed by atoms with Gasteiger partial charge in [0.25, 0.3) is 11.8 Å². The minimum Gasteiger partial charge on any atom is -0.492 e. The highest BCUT2D eigenvalue weighted by atomic mass is 35.5. The van der Waals surface area contributed by atoms with Crippen LogP contribution in [-0.4, -0.2) is 36.1 Å². The Hall–Kier alpha value is -2.32. The van der Waals surface area contributed by atoms with Gasteiger partial charge in [-0.25, -0.2) is 4.39 Å². The number of nitrogens with one attached hydrogen (secondary N) is 2. The van der Waals surface area contributed by atoms with Crippen molar-refractivity contribution < 1.29 is 23.5 Å². The topological polar surface area (TPSA) is 76.7 Å². The second-order valence-corrected chi connectivity index (χ2v) is 8.83. The fourth-order valence-corrected chi connectivity index (χ4v) is 4.98. The van der Waals surface area contributed by atoms with Crippen LogP contribution in [0.3, 0.4) is 0 Å². The summed E-state index contributed by atoms with van der Waals surface area (Å²) in [5.74, 6) is -0.183. The van der Waals surface area contributed by atoms with E-state index in [2.05, 4.69) is 10.6 Å². The third kappa shape index (κ3) is 3.91. The lowest BCUT2D eigenvalue weighted by molar-refractivity contribution is -0.141. The number of rotatable bonds is 8. The fourth-order valence-electron chi connectivity index (χ4n) is 4.13. The minimum absolute atomic E-state index is 0.000982. The average Bonchev–Trinajstić information content (AvgIpc) is 3.08. The van der Waals surface area contributed by atoms with Crippen molar-refractivity contribution in [3.63, 3.8) is 0 Å². The Labute approximate surface area is 176 Å². The summed E-state index contributed by atoms with van der Waals surface area (Å²) in [5, 5.41) is 7.87. The molecule has 5 rings (SSSR count). The predicted octanol–water partition coefficient (Wildman–Crippen LogP) is 3.54. The molecule has 2 aromatic rings. The maximum Gasteiger partial charge on any atom is 0.265 e. The maximum absolute atomic E-state index is 13.4. The number of halogens is 2. The molecule has 29 heavy (non-hydrogen) atoms. The van der Waals surface area contributed by atoms with Crippen LogP contribution in [0.1, 0.15) is 35.9 Å². The first-order valence-corrected chi connectivity index (χ1v) is 10.5. The molecule has 3 aliphatic rings. The van der Waals surface area contributed by atoms with E-state index in [1.165, 1.54) is 23.5 Å². The van der Waals surface area contributed by atoms with Crippen LogP contribution in [0.2, 0.25) is 5.02 Å². The highest BCUT2D eigenvalue weighted by molar-refractivity contribution is 7.12. The Morgan fingerprint density at radius 2 is 1.90 bits per heavy atom. The van der Waals surface area contributed by atoms with Crippen LogP contribution in [0.5, 0.6) is 11.5 Å². The Bertz CT molecular complexity index is 944. The van der Waals surface area contributed by atoms with Gasteiger partial charge in [-0.15, -0.1) is 11.3 Å². The molecule has 0 unspecified atom stereocenters. The summed E-state index contributed by atoms with van der Waals surface area (Å²) in [6, 6.07) is 5.81. The zero-order valence-corrected chi connectivity index (χ0v) is 17.3. The van der Waals surface area contributed by atoms with E-state index in [0.29, 0.717) is 36.5 Å². The molecule has 2 bridgehead atoms. The third-order valence-electron chi connectivity index (χ3n) is 5.21. The van der Waals surface area contributed by atoms with Crippen molar-refractivity contribution in [1.29, 1.82) is 0 Å². The van der Waals surface area contributed by atoms with E-state index < -0.39 is 5.82 Å². The molecular formula is C20H20ClFN2O4S. The number of thiophene rings is 1. The van der Waals surface area contributed by atoms with Gasteiger partial charge >= 0.3 is 0 Å². The van der Waals surface area contributed by atoms with Crippen LogP contribution in [0.4, 0.5) is 4.39 Å². The molecular weight excluding hydrogens is 419 g/mol. The summed E-state index contributed by atoms with van der Waals surface area (Å²) < 4.78 is 24.2. The zero-order chi connectivity index (χ0) is 20.6. The third-order valence-corrected chi connectivity index (χ3v) is 6.41. The van der Waals surface area contributed by atoms with Gasteiger partial charge in [0.15, 0.2) is 6.61 Å². The van der Waals surface area contributed by atoms with Crippen molar-refractivity contribution in [1.82, 2.24) is 10.6 Å². The maximum atomic E-state index is 13.4. The summed E-state index contributed by atoms with van der Waals surface area (Å²) in [5.41, 5.74) is -0.560. The molecule has 3 saturated carbocycles. The summed E-state index contributed by atoms with van der Waals surface area (Å²) >= 11 is 6.97. The molecule has 1 aromatic heterocycles. The van der Waals surface area contributed by atoms with Gasteiger partial charge in [-0.05, 0) is 49.8 Å². The van der Waals surface area contributed by atoms with Crippen molar-refractivity contribution in [3.05, 3.63) is 45.4 Å². The molecule has 0 radical (unpaired) electrons. The lowest BCUT2D eigenvalue weighted by Crippen LogP contribution is -2.84. The summed E-state index contributed by atoms with van der Waals surface area (Å²) in [4.78, 5) is 25.3. The van der Waals surface area contributed by atoms with Crippen LogP contribution in [0, 0.1) is 5.82 Å². The molecule has 0 atom stereocenters. The second-order valence-electron chi connectivity index (χ2n) is 7.50. The van der Waals surface area contributed by atoms with Gasteiger partial charge in [-0.3, -0.25) is 9.59 Å². The highest BCUT2D eigenvalue weighted by Crippen LogP contribution is 2.60. The summed E-state index contributed by atoms with van der Waals surface area (Å²) in [6.07, 6.45) is 2.05. The predicted molar refractivity (Wildman–Crippen MR) is 107 cm³/mol. The molecule has 1 aromatic carbocycles. The van der Waals surface area contributed by atoms with E-state index in [1.54, 1.807) is 6.07 Å². The van der Waals surface area contributed by atoms with E-state index >= 15 is 0 Å². The van der Waals surface area contributed by atoms with Crippen molar-refractivity contribution >= 4 is 34.8 Å². The molecule has 2 N–H and O–H groups in total. The molecule has 6 nitrogen and oxygen atoms in total. The van der Waals surface area contributed by atoms with Gasteiger partial charge in [0, 0.05) is 17.1 Å². The first kappa shape index (κ1) is 20.0. The number of amides is 2. The Morgan fingerprint density at radius 1 is 1.17 bits per heavy atom. The second kappa shape index (κ2) is 7.50. The van der Waals surface area contributed by atoms with E-state index in [4.69, 9.17) is 21.1 Å². The number of ether oxygens (including phenoxy) is 2. The van der Waals surface area contributed by atoms with Crippen molar-refractivity contribution in [2.24, 2.45) is 0 Å². The molecule has 0 spiro atoms. The minimum atomic E-state index is -0.597. The largest absolute Gasteiger partial charge is 0.492 e. The van der Waals surface area contributed by atoms with Crippen molar-refractivity contribution in [2.45, 2.75) is 37.3 Å². The van der Waals surface area contributed by atoms with Crippen molar-refractivity contribution in [2.75, 3.05) is 13.2 Å². The number of benzene rings is 1. The van der Waals surface area contributed by atoms with Gasteiger partial charge in [-0.1, -0.05) is 11.6 Å². The summed E-state index contributed by atoms with van der Waals surface area (Å²) in [6.45, 7) is 2.16. The zero-order valence-electron chi connectivity index (χ0n) is 15.7. The quantitative estimate of drug-likeness (QED) is 0.661. The van der Waals surface area contributed by atoms with Crippen LogP contribution in [-0.2, 0) is 4.79 Å². The molecule has 154 valence electrons. The van der Waals surface area contributed by atoms with Gasteiger partial charge in [-0.2, -0.15) is 0 Å². The lowest BCUT2D eigenvalue weighted by atomic mass is 9.44. The van der Waals surface area contributed by atoms with E-state index in [9.17, 15) is 14.0 Å². The van der Waals surface area contributed by atoms with Crippen molar-refractivity contribution in [3.8, 4) is 11.5 Å². The van der Waals surface area contributed by atoms with Crippen LogP contribution < -0.4 is 20.1 Å². The molecule has 2 amide bonds. The lowest BCUT2D eigenvalue weighted by Gasteiger charge is -2.70. The van der Waals surface area contributed by atoms with Crippen LogP contribution in [0.25, 0.3) is 0 Å². The fraction of sp³-hybridized carbons (Fsp3) is 0.400. The van der Waals surface area contributed by atoms with Gasteiger partial charge in [0.2, 0.25) is 0 Å². The molecule has 0 saturated heterocycles. The van der Waals surface area contributed by atoms with Crippen LogP contribution in [0.15, 0.2) is 29.6 Å². The summed E-state index contributed by atoms with van der Waals surface area (Å²) in [7, 11) is 0. The Kier molecular flexibility index (Phi) is 5.16. The number of carbonyl (C=O) groups excluding carboxylic acids is 2. The monoisotopic (exact) mass is 438 g/mol. The Balaban J connectivity index is 1.24. The molecule has 3 fully saturated rings. The van der Waals surface area contributed by atoms with Crippen LogP contribution >= 0.6 is 22.9 Å². The highest BCUT2D eigenvalue weighted by Gasteiger charge is 2.69. The molecule has 1 heterocycles. The first-order valence-electron chi connectivity index (χ1n) is 9.25. The molecule has 0 aliphatic heterocycles. The molecule has 9 heteroatoms. The first-order chi connectivity index (χ1) is 13.8. The van der Waals surface area contributed by atoms with E-state index in [1.807, 2.05) is 12.3 Å². The van der Waals surface area contributed by atoms with Gasteiger partial charge in [0.1, 0.15) is 22.2 Å². The normalized spacial score (nSPS) is 24.1. The number of hydrogen-bond donors (Lipinski definition) is 2. The van der Waals surface area contributed by atoms with Gasteiger partial charge in [0.05, 0.1) is 11.6 Å². The smallest absolute Gasteiger partial charge is 0.265 e. The SMILES string of the molecule is CCOc1ccsc1C(=O)NC12CC(NC(=O)COc3ccc(Cl)c(F)c3)(C1)C2.